The number of aliphatic imine (C=N–C) groups is 1. The van der Waals surface area contributed by atoms with E-state index in [4.69, 9.17) is 21.1 Å². The fourth-order valence-electron chi connectivity index (χ4n) is 7.99. The molecule has 2 aliphatic carbocycles. The van der Waals surface area contributed by atoms with Gasteiger partial charge < -0.3 is 20.1 Å². The molecule has 15 nitrogen and oxygen atoms in total. The van der Waals surface area contributed by atoms with Gasteiger partial charge in [-0.2, -0.15) is 28.6 Å². The summed E-state index contributed by atoms with van der Waals surface area (Å²) in [4.78, 5) is 51.6. The second kappa shape index (κ2) is 17.8. The molecule has 21 heteroatoms. The minimum Gasteiger partial charge on any atom is -0.447 e. The molecule has 3 heterocycles. The molecule has 2 N–H and O–H groups in total. The van der Waals surface area contributed by atoms with E-state index in [-0.39, 0.29) is 48.6 Å². The first-order chi connectivity index (χ1) is 31.4. The molecule has 2 atom stereocenters. The van der Waals surface area contributed by atoms with Crippen molar-refractivity contribution in [2.24, 2.45) is 10.4 Å². The lowest BCUT2D eigenvalue weighted by atomic mass is 9.73. The number of guanidine groups is 1. The van der Waals surface area contributed by atoms with E-state index in [1.807, 2.05) is 16.2 Å². The summed E-state index contributed by atoms with van der Waals surface area (Å²) in [6.07, 6.45) is -4.86. The molecule has 3 aliphatic rings. The third kappa shape index (κ3) is 9.43. The van der Waals surface area contributed by atoms with Crippen molar-refractivity contribution in [1.82, 2.24) is 40.1 Å². The highest BCUT2D eigenvalue weighted by atomic mass is 35.5. The van der Waals surface area contributed by atoms with Gasteiger partial charge in [0.05, 0.1) is 35.1 Å². The van der Waals surface area contributed by atoms with E-state index >= 15 is 4.79 Å². The summed E-state index contributed by atoms with van der Waals surface area (Å²) in [5, 5.41) is 23.3. The Labute approximate surface area is 379 Å². The number of hydrogen-bond acceptors (Lipinski definition) is 9. The summed E-state index contributed by atoms with van der Waals surface area (Å²) in [6, 6.07) is 20.5. The number of rotatable bonds is 15. The number of carbonyl (C=O) groups excluding carboxylic acids is 3. The van der Waals surface area contributed by atoms with Gasteiger partial charge in [0.1, 0.15) is 30.6 Å². The maximum Gasteiger partial charge on any atom is 0.437 e. The number of aromatic nitrogens is 5. The summed E-state index contributed by atoms with van der Waals surface area (Å²) >= 11 is 6.55. The van der Waals surface area contributed by atoms with Crippen LogP contribution in [-0.2, 0) is 26.4 Å². The van der Waals surface area contributed by atoms with Crippen LogP contribution in [0.25, 0.3) is 16.8 Å². The SMILES string of the molecule is CC(C)(CC#N)C[C@]1(c2ccc(-c3cnn(C4CC4)c3)cc2)N/C(=N/C(=O)OCc2ccccc2)N([C@H](COC(=O)NC2(C(F)(F)F)CC2)c2ccc(Cl)c(-n3ncnc3C(F)F)c2)C1=O. The van der Waals surface area contributed by atoms with E-state index in [0.29, 0.717) is 17.2 Å². The molecule has 3 fully saturated rings. The predicted molar refractivity (Wildman–Crippen MR) is 227 cm³/mol. The Bertz CT molecular complexity index is 2690. The predicted octanol–water partition coefficient (Wildman–Crippen LogP) is 9.27. The summed E-state index contributed by atoms with van der Waals surface area (Å²) in [5.41, 5.74) is -2.80. The topological polar surface area (TPSA) is 182 Å². The van der Waals surface area contributed by atoms with E-state index in [1.54, 1.807) is 74.6 Å². The van der Waals surface area contributed by atoms with E-state index in [2.05, 4.69) is 31.6 Å². The Kier molecular flexibility index (Phi) is 12.3. The molecular formula is C45H42ClF5N10O5. The molecule has 1 aliphatic heterocycles. The zero-order valence-corrected chi connectivity index (χ0v) is 36.2. The van der Waals surface area contributed by atoms with Gasteiger partial charge in [0.2, 0.25) is 5.96 Å². The minimum absolute atomic E-state index is 0.0329. The Morgan fingerprint density at radius 1 is 1.03 bits per heavy atom. The molecule has 8 rings (SSSR count). The minimum atomic E-state index is -4.80. The average Bonchev–Trinajstić information content (AvgIpc) is 4.15. The highest BCUT2D eigenvalue weighted by Crippen LogP contribution is 2.49. The van der Waals surface area contributed by atoms with E-state index < -0.39 is 71.6 Å². The third-order valence-electron chi connectivity index (χ3n) is 11.7. The van der Waals surface area contributed by atoms with E-state index in [1.165, 1.54) is 18.2 Å². The van der Waals surface area contributed by atoms with Crippen LogP contribution in [-0.4, -0.2) is 71.8 Å². The zero-order valence-electron chi connectivity index (χ0n) is 35.4. The van der Waals surface area contributed by atoms with Crippen LogP contribution in [0.4, 0.5) is 31.5 Å². The fourth-order valence-corrected chi connectivity index (χ4v) is 8.19. The van der Waals surface area contributed by atoms with Crippen molar-refractivity contribution in [3.63, 3.8) is 0 Å². The molecule has 2 saturated carbocycles. The lowest BCUT2D eigenvalue weighted by molar-refractivity contribution is -0.164. The largest absolute Gasteiger partial charge is 0.447 e. The monoisotopic (exact) mass is 932 g/mol. The number of amides is 3. The number of nitrogens with one attached hydrogen (secondary N) is 2. The van der Waals surface area contributed by atoms with Crippen molar-refractivity contribution in [1.29, 1.82) is 5.26 Å². The first kappa shape index (κ1) is 45.7. The number of benzene rings is 3. The van der Waals surface area contributed by atoms with Gasteiger partial charge in [0, 0.05) is 18.2 Å². The van der Waals surface area contributed by atoms with Crippen LogP contribution in [0, 0.1) is 16.7 Å². The van der Waals surface area contributed by atoms with Crippen LogP contribution in [0.1, 0.15) is 93.4 Å². The molecule has 0 spiro atoms. The van der Waals surface area contributed by atoms with Gasteiger partial charge in [-0.25, -0.2) is 28.0 Å². The molecule has 3 aromatic carbocycles. The third-order valence-corrected chi connectivity index (χ3v) is 12.1. The normalized spacial score (nSPS) is 19.1. The zero-order chi connectivity index (χ0) is 47.0. The highest BCUT2D eigenvalue weighted by Gasteiger charge is 2.65. The summed E-state index contributed by atoms with van der Waals surface area (Å²) in [5.74, 6) is -1.99. The Morgan fingerprint density at radius 3 is 2.41 bits per heavy atom. The maximum absolute atomic E-state index is 15.8. The van der Waals surface area contributed by atoms with Crippen LogP contribution in [0.5, 0.6) is 0 Å². The molecule has 344 valence electrons. The Hall–Kier alpha value is -6.88. The Morgan fingerprint density at radius 2 is 1.76 bits per heavy atom. The fraction of sp³-hybridized carbons (Fsp3) is 0.378. The van der Waals surface area contributed by atoms with Gasteiger partial charge in [-0.1, -0.05) is 86.1 Å². The second-order valence-corrected chi connectivity index (χ2v) is 17.6. The second-order valence-electron chi connectivity index (χ2n) is 17.2. The molecule has 0 radical (unpaired) electrons. The van der Waals surface area contributed by atoms with Crippen molar-refractivity contribution in [2.45, 2.75) is 94.7 Å². The number of ether oxygens (including phenoxy) is 2. The molecule has 5 aromatic rings. The van der Waals surface area contributed by atoms with Crippen molar-refractivity contribution in [3.05, 3.63) is 119 Å². The smallest absolute Gasteiger partial charge is 0.437 e. The molecular weight excluding hydrogens is 891 g/mol. The van der Waals surface area contributed by atoms with Gasteiger partial charge in [-0.15, -0.1) is 4.99 Å². The molecule has 66 heavy (non-hydrogen) atoms. The molecule has 2 aromatic heterocycles. The quantitative estimate of drug-likeness (QED) is 0.0961. The van der Waals surface area contributed by atoms with Crippen LogP contribution in [0.15, 0.2) is 96.5 Å². The average molecular weight is 933 g/mol. The van der Waals surface area contributed by atoms with Crippen LogP contribution in [0.3, 0.4) is 0 Å². The van der Waals surface area contributed by atoms with E-state index in [9.17, 15) is 36.8 Å². The molecule has 3 amide bonds. The summed E-state index contributed by atoms with van der Waals surface area (Å²) in [6.45, 7) is 2.45. The van der Waals surface area contributed by atoms with Crippen molar-refractivity contribution >= 4 is 35.7 Å². The van der Waals surface area contributed by atoms with Crippen molar-refractivity contribution < 1.29 is 45.8 Å². The standard InChI is InChI=1S/C45H42ClF5N10O5/c1-42(2,18-19-52)25-44(31-11-8-28(9-12-31)30-21-54-59(22-30)32-13-14-32)38(62)60(39(57-44)56-40(63)65-23-27-6-4-3-5-7-27)35(24-66-41(64)58-43(16-17-43)45(49,50)51)29-10-15-33(46)34(20-29)61-37(36(47)48)53-26-55-61/h3-12,15,20-22,26,32,35-36H,13-14,16-18,23-25H2,1-2H3,(H,58,64)(H,56,57,63)/t35-,44-/m1/s1. The number of alkyl carbamates (subject to hydrolysis) is 1. The Balaban J connectivity index is 1.25. The number of alkyl halides is 5. The van der Waals surface area contributed by atoms with Gasteiger partial charge >= 0.3 is 18.4 Å². The molecule has 0 bridgehead atoms. The number of carbonyl (C=O) groups is 3. The first-order valence-corrected chi connectivity index (χ1v) is 21.2. The van der Waals surface area contributed by atoms with Crippen LogP contribution < -0.4 is 10.6 Å². The van der Waals surface area contributed by atoms with Gasteiger partial charge in [-0.3, -0.25) is 14.4 Å². The molecule has 1 saturated heterocycles. The number of nitrogens with zero attached hydrogens (tertiary/aromatic N) is 8. The maximum atomic E-state index is 15.8. The lowest BCUT2D eigenvalue weighted by Gasteiger charge is -2.36. The first-order valence-electron chi connectivity index (χ1n) is 20.9. The summed E-state index contributed by atoms with van der Waals surface area (Å²) < 4.78 is 83.9. The van der Waals surface area contributed by atoms with E-state index in [0.717, 1.165) is 39.9 Å². The number of nitriles is 1. The number of halogens is 6. The summed E-state index contributed by atoms with van der Waals surface area (Å²) in [7, 11) is 0. The number of hydrogen-bond donors (Lipinski definition) is 2. The van der Waals surface area contributed by atoms with Gasteiger partial charge in [0.25, 0.3) is 12.3 Å². The van der Waals surface area contributed by atoms with Crippen LogP contribution in [0.2, 0.25) is 5.02 Å². The van der Waals surface area contributed by atoms with Gasteiger partial charge in [-0.05, 0) is 71.9 Å². The van der Waals surface area contributed by atoms with Gasteiger partial charge in [0.15, 0.2) is 5.82 Å². The highest BCUT2D eigenvalue weighted by molar-refractivity contribution is 6.32. The van der Waals surface area contributed by atoms with Crippen LogP contribution >= 0.6 is 11.6 Å². The lowest BCUT2D eigenvalue weighted by Crippen LogP contribution is -2.49. The van der Waals surface area contributed by atoms with Crippen molar-refractivity contribution in [2.75, 3.05) is 6.61 Å². The molecule has 0 unspecified atom stereocenters. The van der Waals surface area contributed by atoms with Crippen molar-refractivity contribution in [3.8, 4) is 22.9 Å².